The molecule has 204 valence electrons. The average Bonchev–Trinajstić information content (AvgIpc) is 3.30. The summed E-state index contributed by atoms with van der Waals surface area (Å²) in [4.78, 5) is 24.6. The molecule has 1 fully saturated rings. The zero-order valence-corrected chi connectivity index (χ0v) is 23.1. The molecule has 3 aromatic rings. The summed E-state index contributed by atoms with van der Waals surface area (Å²) in [5.74, 6) is 1.86. The minimum atomic E-state index is -0.540. The van der Waals surface area contributed by atoms with Gasteiger partial charge in [-0.3, -0.25) is 0 Å². The lowest BCUT2D eigenvalue weighted by Crippen LogP contribution is -2.52. The fraction of sp³-hybridized carbons (Fsp3) is 0.303. The first kappa shape index (κ1) is 25.9. The Labute approximate surface area is 235 Å². The molecule has 7 heteroatoms. The lowest BCUT2D eigenvalue weighted by molar-refractivity contribution is 0.0377. The van der Waals surface area contributed by atoms with E-state index in [2.05, 4.69) is 58.7 Å². The summed E-state index contributed by atoms with van der Waals surface area (Å²) in [6, 6.07) is 28.3. The van der Waals surface area contributed by atoms with Crippen LogP contribution in [-0.2, 0) is 10.3 Å². The maximum absolute atomic E-state index is 12.6. The topological polar surface area (TPSA) is 75.5 Å². The molecular formula is C33H34N4O3. The smallest absolute Gasteiger partial charge is 0.408 e. The Morgan fingerprint density at radius 3 is 2.23 bits per heavy atom. The van der Waals surface area contributed by atoms with Crippen LogP contribution in [0.3, 0.4) is 0 Å². The van der Waals surface area contributed by atoms with Crippen LogP contribution in [0.4, 0.5) is 4.79 Å². The van der Waals surface area contributed by atoms with Crippen molar-refractivity contribution < 1.29 is 14.3 Å². The minimum Gasteiger partial charge on any atom is -0.444 e. The Kier molecular flexibility index (Phi) is 6.66. The van der Waals surface area contributed by atoms with E-state index >= 15 is 0 Å². The molecule has 7 nitrogen and oxygen atoms in total. The second-order valence-corrected chi connectivity index (χ2v) is 11.5. The van der Waals surface area contributed by atoms with E-state index in [0.717, 1.165) is 41.7 Å². The molecule has 2 heterocycles. The number of ether oxygens (including phenoxy) is 2. The third-order valence-electron chi connectivity index (χ3n) is 7.53. The molecule has 3 aliphatic rings. The van der Waals surface area contributed by atoms with Crippen molar-refractivity contribution in [3.8, 4) is 5.75 Å². The highest BCUT2D eigenvalue weighted by Crippen LogP contribution is 2.45. The van der Waals surface area contributed by atoms with Gasteiger partial charge in [-0.2, -0.15) is 4.99 Å². The molecule has 2 unspecified atom stereocenters. The van der Waals surface area contributed by atoms with Crippen LogP contribution in [0.2, 0.25) is 0 Å². The largest absolute Gasteiger partial charge is 0.444 e. The van der Waals surface area contributed by atoms with E-state index in [4.69, 9.17) is 19.5 Å². The average molecular weight is 535 g/mol. The van der Waals surface area contributed by atoms with Crippen molar-refractivity contribution in [3.63, 3.8) is 0 Å². The standard InChI is InChI=1S/C33H34N4O3/c1-32(2,3)40-31(38)36-33(20-10-21-33)25-17-15-23(16-18-25)28-29(24-11-6-4-7-12-24)37-22-19-27(34-30(37)35-28)39-26-13-8-5-9-14-26/h4-9,11-19,22,28-29H,10,20-21H2,1-3H3,(H,36,38). The van der Waals surface area contributed by atoms with E-state index in [-0.39, 0.29) is 18.2 Å². The van der Waals surface area contributed by atoms with E-state index in [1.165, 1.54) is 0 Å². The molecule has 0 bridgehead atoms. The number of hydrogen-bond acceptors (Lipinski definition) is 6. The van der Waals surface area contributed by atoms with Gasteiger partial charge < -0.3 is 19.7 Å². The maximum Gasteiger partial charge on any atom is 0.408 e. The molecule has 2 atom stereocenters. The quantitative estimate of drug-likeness (QED) is 0.381. The first-order chi connectivity index (χ1) is 19.3. The number of aliphatic imine (C=N–C) groups is 2. The van der Waals surface area contributed by atoms with Crippen LogP contribution in [0.25, 0.3) is 0 Å². The molecule has 0 saturated heterocycles. The third-order valence-corrected chi connectivity index (χ3v) is 7.53. The van der Waals surface area contributed by atoms with Gasteiger partial charge in [0.2, 0.25) is 11.9 Å². The fourth-order valence-corrected chi connectivity index (χ4v) is 5.49. The molecule has 1 amide bonds. The summed E-state index contributed by atoms with van der Waals surface area (Å²) in [5, 5.41) is 3.15. The summed E-state index contributed by atoms with van der Waals surface area (Å²) in [6.07, 6.45) is 6.36. The zero-order valence-electron chi connectivity index (χ0n) is 23.1. The third kappa shape index (κ3) is 5.24. The maximum atomic E-state index is 12.6. The number of para-hydroxylation sites is 1. The number of benzene rings is 3. The number of hydrogen-bond donors (Lipinski definition) is 1. The molecule has 2 aliphatic heterocycles. The molecule has 40 heavy (non-hydrogen) atoms. The monoisotopic (exact) mass is 534 g/mol. The van der Waals surface area contributed by atoms with Crippen molar-refractivity contribution in [2.24, 2.45) is 9.98 Å². The van der Waals surface area contributed by atoms with Crippen molar-refractivity contribution in [2.75, 3.05) is 0 Å². The van der Waals surface area contributed by atoms with Crippen LogP contribution in [0.1, 0.15) is 68.8 Å². The number of fused-ring (bicyclic) bond motifs is 1. The van der Waals surface area contributed by atoms with Crippen LogP contribution in [0, 0.1) is 0 Å². The Balaban J connectivity index is 1.28. The number of carbonyl (C=O) groups excluding carboxylic acids is 1. The molecule has 0 spiro atoms. The summed E-state index contributed by atoms with van der Waals surface area (Å²) >= 11 is 0. The predicted molar refractivity (Wildman–Crippen MR) is 156 cm³/mol. The number of rotatable bonds is 5. The van der Waals surface area contributed by atoms with E-state index in [1.54, 1.807) is 0 Å². The van der Waals surface area contributed by atoms with Crippen molar-refractivity contribution >= 4 is 18.0 Å². The van der Waals surface area contributed by atoms with E-state index in [0.29, 0.717) is 11.9 Å². The van der Waals surface area contributed by atoms with Gasteiger partial charge in [0.15, 0.2) is 0 Å². The zero-order chi connectivity index (χ0) is 27.7. The van der Waals surface area contributed by atoms with Gasteiger partial charge in [-0.1, -0.05) is 72.8 Å². The van der Waals surface area contributed by atoms with Gasteiger partial charge >= 0.3 is 6.09 Å². The Hall–Kier alpha value is -4.39. The molecule has 0 radical (unpaired) electrons. The van der Waals surface area contributed by atoms with Crippen LogP contribution in [0.15, 0.2) is 107 Å². The van der Waals surface area contributed by atoms with E-state index in [1.807, 2.05) is 69.4 Å². The minimum absolute atomic E-state index is 0.0436. The highest BCUT2D eigenvalue weighted by Gasteiger charge is 2.42. The normalized spacial score (nSPS) is 21.0. The van der Waals surface area contributed by atoms with Gasteiger partial charge in [-0.25, -0.2) is 9.79 Å². The van der Waals surface area contributed by atoms with E-state index in [9.17, 15) is 4.79 Å². The lowest BCUT2D eigenvalue weighted by atomic mass is 9.71. The van der Waals surface area contributed by atoms with Crippen LogP contribution in [-0.4, -0.2) is 28.5 Å². The summed E-state index contributed by atoms with van der Waals surface area (Å²) < 4.78 is 11.5. The first-order valence-corrected chi connectivity index (χ1v) is 13.8. The van der Waals surface area contributed by atoms with Crippen LogP contribution >= 0.6 is 0 Å². The number of carbonyl (C=O) groups is 1. The number of guanidine groups is 1. The number of amides is 1. The number of nitrogens with zero attached hydrogens (tertiary/aromatic N) is 3. The van der Waals surface area contributed by atoms with Crippen LogP contribution in [0.5, 0.6) is 5.75 Å². The van der Waals surface area contributed by atoms with Crippen molar-refractivity contribution in [1.29, 1.82) is 0 Å². The second-order valence-electron chi connectivity index (χ2n) is 11.5. The number of alkyl carbamates (subject to hydrolysis) is 1. The Bertz CT molecular complexity index is 1450. The molecule has 1 N–H and O–H groups in total. The van der Waals surface area contributed by atoms with Crippen molar-refractivity contribution in [3.05, 3.63) is 114 Å². The summed E-state index contributed by atoms with van der Waals surface area (Å²) in [6.45, 7) is 5.64. The van der Waals surface area contributed by atoms with Crippen molar-refractivity contribution in [2.45, 2.75) is 63.3 Å². The van der Waals surface area contributed by atoms with Crippen LogP contribution < -0.4 is 10.1 Å². The molecule has 3 aromatic carbocycles. The molecule has 0 aromatic heterocycles. The second kappa shape index (κ2) is 10.3. The fourth-order valence-electron chi connectivity index (χ4n) is 5.49. The predicted octanol–water partition coefficient (Wildman–Crippen LogP) is 7.05. The SMILES string of the molecule is CC(C)(C)OC(=O)NC1(c2ccc(C3N=C4N=C(Oc5ccccc5)C=CN4C3c3ccccc3)cc2)CCC1. The number of nitrogens with one attached hydrogen (secondary N) is 1. The van der Waals surface area contributed by atoms with Gasteiger partial charge in [0, 0.05) is 12.3 Å². The lowest BCUT2D eigenvalue weighted by Gasteiger charge is -2.43. The Morgan fingerprint density at radius 1 is 0.925 bits per heavy atom. The molecule has 1 saturated carbocycles. The van der Waals surface area contributed by atoms with Crippen molar-refractivity contribution in [1.82, 2.24) is 10.2 Å². The summed E-state index contributed by atoms with van der Waals surface area (Å²) in [5.41, 5.74) is 2.40. The van der Waals surface area contributed by atoms with Gasteiger partial charge in [0.25, 0.3) is 0 Å². The summed E-state index contributed by atoms with van der Waals surface area (Å²) in [7, 11) is 0. The highest BCUT2D eigenvalue weighted by atomic mass is 16.6. The highest BCUT2D eigenvalue weighted by molar-refractivity contribution is 6.03. The van der Waals surface area contributed by atoms with Gasteiger partial charge in [0.1, 0.15) is 17.4 Å². The molecule has 1 aliphatic carbocycles. The van der Waals surface area contributed by atoms with Gasteiger partial charge in [-0.05, 0) is 68.9 Å². The molecular weight excluding hydrogens is 500 g/mol. The van der Waals surface area contributed by atoms with E-state index < -0.39 is 11.1 Å². The van der Waals surface area contributed by atoms with Gasteiger partial charge in [0.05, 0.1) is 11.6 Å². The molecule has 6 rings (SSSR count). The van der Waals surface area contributed by atoms with Gasteiger partial charge in [-0.15, -0.1) is 0 Å². The Morgan fingerprint density at radius 2 is 1.60 bits per heavy atom. The first-order valence-electron chi connectivity index (χ1n) is 13.8.